The first-order valence-corrected chi connectivity index (χ1v) is 6.23. The maximum atomic E-state index is 11.9. The van der Waals surface area contributed by atoms with E-state index < -0.39 is 10.0 Å². The molecule has 0 saturated carbocycles. The van der Waals surface area contributed by atoms with Crippen molar-refractivity contribution < 1.29 is 13.5 Å². The van der Waals surface area contributed by atoms with E-state index in [0.717, 1.165) is 0 Å². The van der Waals surface area contributed by atoms with Crippen LogP contribution in [0.5, 0.6) is 0 Å². The summed E-state index contributed by atoms with van der Waals surface area (Å²) >= 11 is 0. The summed E-state index contributed by atoms with van der Waals surface area (Å²) in [5.74, 6) is 0. The molecule has 0 atom stereocenters. The van der Waals surface area contributed by atoms with E-state index in [9.17, 15) is 8.42 Å². The third-order valence-electron chi connectivity index (χ3n) is 2.20. The van der Waals surface area contributed by atoms with Crippen LogP contribution in [0.15, 0.2) is 41.8 Å². The molecule has 1 aromatic carbocycles. The molecule has 1 rings (SSSR count). The first kappa shape index (κ1) is 12.9. The van der Waals surface area contributed by atoms with E-state index in [0.29, 0.717) is 5.56 Å². The predicted octanol–water partition coefficient (Wildman–Crippen LogP) is 0.985. The molecule has 0 aliphatic carbocycles. The highest BCUT2D eigenvalue weighted by Gasteiger charge is 2.18. The molecule has 0 spiro atoms. The maximum absolute atomic E-state index is 11.9. The lowest BCUT2D eigenvalue weighted by molar-refractivity contribution is 0.281. The van der Waals surface area contributed by atoms with E-state index in [1.165, 1.54) is 29.6 Å². The SMILES string of the molecule is C=CCN(C)S(=O)(=O)c1ccc(CO)cc1. The summed E-state index contributed by atoms with van der Waals surface area (Å²) in [6.45, 7) is 3.67. The number of aliphatic hydroxyl groups excluding tert-OH is 1. The third-order valence-corrected chi connectivity index (χ3v) is 4.04. The summed E-state index contributed by atoms with van der Waals surface area (Å²) in [4.78, 5) is 0.217. The molecule has 0 saturated heterocycles. The first-order valence-electron chi connectivity index (χ1n) is 4.79. The number of benzene rings is 1. The summed E-state index contributed by atoms with van der Waals surface area (Å²) in [5, 5.41) is 8.85. The largest absolute Gasteiger partial charge is 0.392 e. The smallest absolute Gasteiger partial charge is 0.243 e. The molecule has 0 unspecified atom stereocenters. The first-order chi connectivity index (χ1) is 7.52. The molecule has 0 fully saturated rings. The lowest BCUT2D eigenvalue weighted by Crippen LogP contribution is -2.26. The summed E-state index contributed by atoms with van der Waals surface area (Å²) in [5.41, 5.74) is 0.685. The fraction of sp³-hybridized carbons (Fsp3) is 0.273. The molecule has 0 heterocycles. The Morgan fingerprint density at radius 2 is 1.94 bits per heavy atom. The number of sulfonamides is 1. The van der Waals surface area contributed by atoms with Crippen molar-refractivity contribution in [2.45, 2.75) is 11.5 Å². The molecule has 1 aromatic rings. The minimum atomic E-state index is -3.45. The molecule has 0 aromatic heterocycles. The van der Waals surface area contributed by atoms with Gasteiger partial charge in [0, 0.05) is 13.6 Å². The Morgan fingerprint density at radius 1 is 1.38 bits per heavy atom. The zero-order valence-corrected chi connectivity index (χ0v) is 9.94. The van der Waals surface area contributed by atoms with Crippen molar-refractivity contribution in [1.29, 1.82) is 0 Å². The molecule has 0 bridgehead atoms. The van der Waals surface area contributed by atoms with Crippen molar-refractivity contribution in [2.24, 2.45) is 0 Å². The molecule has 16 heavy (non-hydrogen) atoms. The normalized spacial score (nSPS) is 11.7. The van der Waals surface area contributed by atoms with E-state index in [-0.39, 0.29) is 18.0 Å². The minimum Gasteiger partial charge on any atom is -0.392 e. The van der Waals surface area contributed by atoms with Crippen molar-refractivity contribution in [2.75, 3.05) is 13.6 Å². The number of rotatable bonds is 5. The number of hydrogen-bond donors (Lipinski definition) is 1. The standard InChI is InChI=1S/C11H15NO3S/c1-3-8-12(2)16(14,15)11-6-4-10(9-13)5-7-11/h3-7,13H,1,8-9H2,2H3. The molecule has 0 amide bonds. The van der Waals surface area contributed by atoms with Crippen LogP contribution in [0, 0.1) is 0 Å². The van der Waals surface area contributed by atoms with Crippen LogP contribution in [0.25, 0.3) is 0 Å². The van der Waals surface area contributed by atoms with Gasteiger partial charge in [0.25, 0.3) is 0 Å². The van der Waals surface area contributed by atoms with Crippen LogP contribution in [-0.4, -0.2) is 31.4 Å². The molecular weight excluding hydrogens is 226 g/mol. The average Bonchev–Trinajstić information content (AvgIpc) is 2.29. The van der Waals surface area contributed by atoms with E-state index in [1.807, 2.05) is 0 Å². The van der Waals surface area contributed by atoms with Gasteiger partial charge in [-0.05, 0) is 17.7 Å². The van der Waals surface area contributed by atoms with Gasteiger partial charge < -0.3 is 5.11 Å². The maximum Gasteiger partial charge on any atom is 0.243 e. The van der Waals surface area contributed by atoms with Gasteiger partial charge in [-0.1, -0.05) is 18.2 Å². The molecule has 4 nitrogen and oxygen atoms in total. The predicted molar refractivity (Wildman–Crippen MR) is 62.4 cm³/mol. The Morgan fingerprint density at radius 3 is 2.38 bits per heavy atom. The summed E-state index contributed by atoms with van der Waals surface area (Å²) < 4.78 is 25.1. The highest BCUT2D eigenvalue weighted by Crippen LogP contribution is 2.14. The highest BCUT2D eigenvalue weighted by molar-refractivity contribution is 7.89. The molecule has 1 N–H and O–H groups in total. The number of hydrogen-bond acceptors (Lipinski definition) is 3. The lowest BCUT2D eigenvalue weighted by Gasteiger charge is -2.15. The zero-order chi connectivity index (χ0) is 12.2. The molecule has 88 valence electrons. The van der Waals surface area contributed by atoms with Gasteiger partial charge in [-0.25, -0.2) is 8.42 Å². The fourth-order valence-corrected chi connectivity index (χ4v) is 2.37. The van der Waals surface area contributed by atoms with Gasteiger partial charge in [0.15, 0.2) is 0 Å². The molecular formula is C11H15NO3S. The number of nitrogens with zero attached hydrogens (tertiary/aromatic N) is 1. The number of aliphatic hydroxyl groups is 1. The van der Waals surface area contributed by atoms with Gasteiger partial charge in [0.1, 0.15) is 0 Å². The Kier molecular flexibility index (Phi) is 4.23. The minimum absolute atomic E-state index is 0.0944. The van der Waals surface area contributed by atoms with Crippen LogP contribution in [0.3, 0.4) is 0 Å². The third kappa shape index (κ3) is 2.69. The average molecular weight is 241 g/mol. The van der Waals surface area contributed by atoms with Crippen molar-refractivity contribution in [3.63, 3.8) is 0 Å². The number of likely N-dealkylation sites (N-methyl/N-ethyl adjacent to an activating group) is 1. The molecule has 5 heteroatoms. The van der Waals surface area contributed by atoms with Crippen LogP contribution < -0.4 is 0 Å². The second-order valence-electron chi connectivity index (χ2n) is 3.38. The highest BCUT2D eigenvalue weighted by atomic mass is 32.2. The van der Waals surface area contributed by atoms with Crippen LogP contribution in [0.2, 0.25) is 0 Å². The quantitative estimate of drug-likeness (QED) is 0.782. The summed E-state index contributed by atoms with van der Waals surface area (Å²) in [6.07, 6.45) is 1.53. The van der Waals surface area contributed by atoms with E-state index in [1.54, 1.807) is 12.1 Å². The Bertz CT molecular complexity index is 451. The van der Waals surface area contributed by atoms with Crippen molar-refractivity contribution >= 4 is 10.0 Å². The second kappa shape index (κ2) is 5.25. The monoisotopic (exact) mass is 241 g/mol. The Hall–Kier alpha value is -1.17. The van der Waals surface area contributed by atoms with Gasteiger partial charge in [0.2, 0.25) is 10.0 Å². The van der Waals surface area contributed by atoms with E-state index >= 15 is 0 Å². The van der Waals surface area contributed by atoms with Crippen molar-refractivity contribution in [3.8, 4) is 0 Å². The van der Waals surface area contributed by atoms with Gasteiger partial charge in [-0.3, -0.25) is 0 Å². The molecule has 0 aliphatic heterocycles. The van der Waals surface area contributed by atoms with Gasteiger partial charge in [-0.15, -0.1) is 6.58 Å². The zero-order valence-electron chi connectivity index (χ0n) is 9.13. The summed E-state index contributed by atoms with van der Waals surface area (Å²) in [7, 11) is -1.95. The van der Waals surface area contributed by atoms with Crippen molar-refractivity contribution in [3.05, 3.63) is 42.5 Å². The van der Waals surface area contributed by atoms with Crippen LogP contribution in [0.1, 0.15) is 5.56 Å². The van der Waals surface area contributed by atoms with Crippen LogP contribution >= 0.6 is 0 Å². The van der Waals surface area contributed by atoms with Crippen molar-refractivity contribution in [1.82, 2.24) is 4.31 Å². The topological polar surface area (TPSA) is 57.6 Å². The van der Waals surface area contributed by atoms with Gasteiger partial charge >= 0.3 is 0 Å². The fourth-order valence-electron chi connectivity index (χ4n) is 1.23. The molecule has 0 aliphatic rings. The van der Waals surface area contributed by atoms with E-state index in [2.05, 4.69) is 6.58 Å². The Balaban J connectivity index is 3.02. The van der Waals surface area contributed by atoms with Gasteiger partial charge in [-0.2, -0.15) is 4.31 Å². The Labute approximate surface area is 95.9 Å². The second-order valence-corrected chi connectivity index (χ2v) is 5.42. The van der Waals surface area contributed by atoms with Gasteiger partial charge in [0.05, 0.1) is 11.5 Å². The van der Waals surface area contributed by atoms with E-state index in [4.69, 9.17) is 5.11 Å². The van der Waals surface area contributed by atoms with Crippen LogP contribution in [-0.2, 0) is 16.6 Å². The molecule has 0 radical (unpaired) electrons. The lowest BCUT2D eigenvalue weighted by atomic mass is 10.2. The van der Waals surface area contributed by atoms with Crippen LogP contribution in [0.4, 0.5) is 0 Å². The summed E-state index contributed by atoms with van der Waals surface area (Å²) in [6, 6.07) is 6.16.